The third-order valence-corrected chi connectivity index (χ3v) is 4.89. The second-order valence-corrected chi connectivity index (χ2v) is 6.76. The first kappa shape index (κ1) is 19.8. The van der Waals surface area contributed by atoms with E-state index in [4.69, 9.17) is 10.1 Å². The number of esters is 1. The average Bonchev–Trinajstić information content (AvgIpc) is 3.14. The van der Waals surface area contributed by atoms with Crippen molar-refractivity contribution in [2.45, 2.75) is 19.6 Å². The molecular weight excluding hydrogens is 395 g/mol. The highest BCUT2D eigenvalue weighted by Gasteiger charge is 2.40. The van der Waals surface area contributed by atoms with Gasteiger partial charge in [0.25, 0.3) is 0 Å². The lowest BCUT2D eigenvalue weighted by Crippen LogP contribution is -2.25. The molecule has 5 nitrogen and oxygen atoms in total. The van der Waals surface area contributed by atoms with Crippen LogP contribution in [-0.4, -0.2) is 21.5 Å². The van der Waals surface area contributed by atoms with Crippen molar-refractivity contribution in [3.05, 3.63) is 83.0 Å². The molecule has 2 aromatic carbocycles. The van der Waals surface area contributed by atoms with E-state index in [-0.39, 0.29) is 24.2 Å². The van der Waals surface area contributed by atoms with Crippen LogP contribution in [-0.2, 0) is 17.5 Å². The topological polar surface area (TPSA) is 59.5 Å². The minimum atomic E-state index is -4.83. The Morgan fingerprint density at radius 2 is 1.67 bits per heavy atom. The molecule has 0 saturated carbocycles. The van der Waals surface area contributed by atoms with Gasteiger partial charge in [-0.2, -0.15) is 13.2 Å². The molecule has 0 aliphatic rings. The minimum Gasteiger partial charge on any atom is -0.462 e. The zero-order valence-electron chi connectivity index (χ0n) is 16.0. The maximum atomic E-state index is 14.0. The summed E-state index contributed by atoms with van der Waals surface area (Å²) in [6.07, 6.45) is -3.72. The number of hydrogen-bond acceptors (Lipinski definition) is 3. The molecule has 0 spiro atoms. The van der Waals surface area contributed by atoms with Gasteiger partial charge in [0.1, 0.15) is 5.52 Å². The zero-order chi connectivity index (χ0) is 21.5. The average molecular weight is 413 g/mol. The number of aromatic nitrogens is 2. The highest BCUT2D eigenvalue weighted by atomic mass is 19.4. The van der Waals surface area contributed by atoms with Gasteiger partial charge in [0.05, 0.1) is 28.8 Å². The van der Waals surface area contributed by atoms with Crippen LogP contribution in [0.15, 0.2) is 60.8 Å². The van der Waals surface area contributed by atoms with Crippen LogP contribution in [0.3, 0.4) is 0 Å². The minimum absolute atomic E-state index is 0.0508. The first-order valence-corrected chi connectivity index (χ1v) is 9.32. The summed E-state index contributed by atoms with van der Waals surface area (Å²) in [5.41, 5.74) is -0.575. The molecule has 8 heteroatoms. The molecule has 0 fully saturated rings. The number of nitrogens with zero attached hydrogens (tertiary/aromatic N) is 2. The molecule has 0 aliphatic heterocycles. The van der Waals surface area contributed by atoms with Crippen molar-refractivity contribution < 1.29 is 22.7 Å². The summed E-state index contributed by atoms with van der Waals surface area (Å²) in [7, 11) is 0. The van der Waals surface area contributed by atoms with Gasteiger partial charge < -0.3 is 13.7 Å². The third kappa shape index (κ3) is 3.24. The molecular formula is C22H18F3N3O2. The van der Waals surface area contributed by atoms with Gasteiger partial charge in [0.2, 0.25) is 0 Å². The molecule has 0 aliphatic carbocycles. The lowest BCUT2D eigenvalue weighted by molar-refractivity contribution is -0.136. The van der Waals surface area contributed by atoms with E-state index in [0.29, 0.717) is 11.0 Å². The van der Waals surface area contributed by atoms with Crippen LogP contribution in [0.25, 0.3) is 16.6 Å². The molecule has 0 atom stereocenters. The molecule has 30 heavy (non-hydrogen) atoms. The highest BCUT2D eigenvalue weighted by Crippen LogP contribution is 2.36. The quantitative estimate of drug-likeness (QED) is 0.497. The Kier molecular flexibility index (Phi) is 4.85. The summed E-state index contributed by atoms with van der Waals surface area (Å²) in [5, 5.41) is 8.64. The van der Waals surface area contributed by atoms with Crippen LogP contribution in [0.2, 0.25) is 0 Å². The Morgan fingerprint density at radius 3 is 2.30 bits per heavy atom. The largest absolute Gasteiger partial charge is 0.462 e. The molecule has 0 unspecified atom stereocenters. The molecule has 0 saturated heterocycles. The van der Waals surface area contributed by atoms with E-state index >= 15 is 0 Å². The van der Waals surface area contributed by atoms with Gasteiger partial charge in [-0.1, -0.05) is 42.5 Å². The van der Waals surface area contributed by atoms with Crippen LogP contribution < -0.4 is 5.49 Å². The number of fused-ring (bicyclic) bond motifs is 3. The van der Waals surface area contributed by atoms with Gasteiger partial charge in [-0.25, -0.2) is 4.79 Å². The molecule has 154 valence electrons. The number of carbonyl (C=O) groups is 1. The van der Waals surface area contributed by atoms with Gasteiger partial charge in [0, 0.05) is 12.7 Å². The monoisotopic (exact) mass is 413 g/mol. The van der Waals surface area contributed by atoms with Crippen molar-refractivity contribution in [3.63, 3.8) is 0 Å². The van der Waals surface area contributed by atoms with E-state index in [2.05, 4.69) is 0 Å². The predicted octanol–water partition coefficient (Wildman–Crippen LogP) is 4.62. The Hall–Kier alpha value is -3.55. The number of rotatable bonds is 4. The summed E-state index contributed by atoms with van der Waals surface area (Å²) < 4.78 is 49.7. The van der Waals surface area contributed by atoms with Gasteiger partial charge in [0.15, 0.2) is 5.49 Å². The predicted molar refractivity (Wildman–Crippen MR) is 105 cm³/mol. The fourth-order valence-electron chi connectivity index (χ4n) is 3.65. The molecule has 0 amide bonds. The van der Waals surface area contributed by atoms with Gasteiger partial charge in [-0.05, 0) is 24.6 Å². The maximum absolute atomic E-state index is 14.0. The van der Waals surface area contributed by atoms with Crippen LogP contribution in [0.4, 0.5) is 13.2 Å². The fourth-order valence-corrected chi connectivity index (χ4v) is 3.65. The standard InChI is InChI=1S/C22H18F3N3O2/c1-2-30-21(29)15-13-27-16-10-6-7-11-17(16)28(12-14-8-4-3-5-9-14)20(26)19(27)18(15)22(23,24)25/h3-11,13,26H,2,12H2,1H3. The van der Waals surface area contributed by atoms with Gasteiger partial charge >= 0.3 is 12.1 Å². The normalized spacial score (nSPS) is 11.9. The lowest BCUT2D eigenvalue weighted by atomic mass is 10.1. The molecule has 1 N–H and O–H groups in total. The van der Waals surface area contributed by atoms with Crippen molar-refractivity contribution in [2.75, 3.05) is 6.61 Å². The number of benzene rings is 2. The van der Waals surface area contributed by atoms with E-state index < -0.39 is 23.3 Å². The number of ether oxygens (including phenoxy) is 1. The maximum Gasteiger partial charge on any atom is 0.419 e. The summed E-state index contributed by atoms with van der Waals surface area (Å²) in [4.78, 5) is 12.3. The second kappa shape index (κ2) is 7.37. The van der Waals surface area contributed by atoms with E-state index in [1.165, 1.54) is 15.9 Å². The Balaban J connectivity index is 2.12. The second-order valence-electron chi connectivity index (χ2n) is 6.76. The Bertz CT molecular complexity index is 1300. The van der Waals surface area contributed by atoms with Gasteiger partial charge in [-0.15, -0.1) is 0 Å². The Morgan fingerprint density at radius 1 is 1.03 bits per heavy atom. The van der Waals surface area contributed by atoms with Crippen molar-refractivity contribution in [1.82, 2.24) is 8.97 Å². The molecule has 4 aromatic rings. The van der Waals surface area contributed by atoms with Crippen molar-refractivity contribution in [2.24, 2.45) is 0 Å². The SMILES string of the molecule is CCOC(=O)c1cn2c(c1C(F)(F)F)c(=N)n(Cc1ccccc1)c1ccccc12. The van der Waals surface area contributed by atoms with Crippen LogP contribution in [0.1, 0.15) is 28.4 Å². The van der Waals surface area contributed by atoms with Crippen molar-refractivity contribution in [1.29, 1.82) is 5.41 Å². The molecule has 4 rings (SSSR count). The first-order valence-electron chi connectivity index (χ1n) is 9.32. The third-order valence-electron chi connectivity index (χ3n) is 4.89. The molecule has 0 radical (unpaired) electrons. The summed E-state index contributed by atoms with van der Waals surface area (Å²) in [6.45, 7) is 1.69. The molecule has 0 bridgehead atoms. The van der Waals surface area contributed by atoms with Crippen LogP contribution in [0.5, 0.6) is 0 Å². The lowest BCUT2D eigenvalue weighted by Gasteiger charge is -2.15. The van der Waals surface area contributed by atoms with E-state index in [1.54, 1.807) is 24.3 Å². The van der Waals surface area contributed by atoms with Crippen molar-refractivity contribution in [3.8, 4) is 0 Å². The van der Waals surface area contributed by atoms with Crippen LogP contribution in [0, 0.1) is 5.41 Å². The summed E-state index contributed by atoms with van der Waals surface area (Å²) in [5.74, 6) is -1.06. The van der Waals surface area contributed by atoms with Crippen LogP contribution >= 0.6 is 0 Å². The number of alkyl halides is 3. The smallest absolute Gasteiger partial charge is 0.419 e. The fraction of sp³-hybridized carbons (Fsp3) is 0.182. The molecule has 2 heterocycles. The number of nitrogens with one attached hydrogen (secondary N) is 1. The molecule has 2 aromatic heterocycles. The summed E-state index contributed by atoms with van der Waals surface area (Å²) >= 11 is 0. The number of carbonyl (C=O) groups excluding carboxylic acids is 1. The van der Waals surface area contributed by atoms with Gasteiger partial charge in [-0.3, -0.25) is 5.41 Å². The summed E-state index contributed by atoms with van der Waals surface area (Å²) in [6, 6.07) is 16.1. The number of hydrogen-bond donors (Lipinski definition) is 1. The highest BCUT2D eigenvalue weighted by molar-refractivity contribution is 5.95. The van der Waals surface area contributed by atoms with Crippen molar-refractivity contribution >= 4 is 22.5 Å². The Labute approximate surface area is 169 Å². The number of para-hydroxylation sites is 2. The van der Waals surface area contributed by atoms with E-state index in [9.17, 15) is 18.0 Å². The first-order chi connectivity index (χ1) is 14.3. The number of halogens is 3. The zero-order valence-corrected chi connectivity index (χ0v) is 16.0. The van der Waals surface area contributed by atoms with E-state index in [1.807, 2.05) is 30.3 Å². The van der Waals surface area contributed by atoms with E-state index in [0.717, 1.165) is 11.8 Å².